The van der Waals surface area contributed by atoms with Crippen molar-refractivity contribution in [2.24, 2.45) is 0 Å². The van der Waals surface area contributed by atoms with Crippen LogP contribution in [0.25, 0.3) is 0 Å². The van der Waals surface area contributed by atoms with Crippen molar-refractivity contribution in [3.8, 4) is 5.75 Å². The average molecular weight is 338 g/mol. The topological polar surface area (TPSA) is 46.5 Å². The summed E-state index contributed by atoms with van der Waals surface area (Å²) in [5.74, 6) is -1.21. The van der Waals surface area contributed by atoms with Gasteiger partial charge in [0.1, 0.15) is 17.2 Å². The van der Waals surface area contributed by atoms with Gasteiger partial charge in [0.05, 0.1) is 15.9 Å². The number of benzene rings is 1. The molecule has 0 unspecified atom stereocenters. The number of carboxylic acid groups (broad SMARTS) is 1. The number of carboxylic acids is 1. The first-order chi connectivity index (χ1) is 8.42. The molecule has 2 rings (SSSR count). The molecule has 0 aliphatic heterocycles. The van der Waals surface area contributed by atoms with E-state index in [4.69, 9.17) is 21.4 Å². The van der Waals surface area contributed by atoms with Gasteiger partial charge in [0.15, 0.2) is 0 Å². The summed E-state index contributed by atoms with van der Waals surface area (Å²) in [6.45, 7) is 0. The fourth-order valence-corrected chi connectivity index (χ4v) is 2.70. The minimum atomic E-state index is -0.916. The molecule has 18 heavy (non-hydrogen) atoms. The molecule has 1 aromatic carbocycles. The van der Waals surface area contributed by atoms with Gasteiger partial charge in [-0.2, -0.15) is 0 Å². The van der Waals surface area contributed by atoms with E-state index < -0.39 is 17.4 Å². The molecule has 3 nitrogen and oxygen atoms in total. The second-order valence-electron chi connectivity index (χ2n) is 4.41. The molecule has 1 aliphatic carbocycles. The van der Waals surface area contributed by atoms with Crippen LogP contribution in [0.4, 0.5) is 4.39 Å². The fraction of sp³-hybridized carbons (Fsp3) is 0.417. The van der Waals surface area contributed by atoms with Crippen LogP contribution in [-0.4, -0.2) is 16.7 Å². The number of aliphatic carboxylic acids is 1. The zero-order chi connectivity index (χ0) is 13.3. The molecule has 0 saturated heterocycles. The van der Waals surface area contributed by atoms with Gasteiger partial charge in [0.25, 0.3) is 0 Å². The highest BCUT2D eigenvalue weighted by molar-refractivity contribution is 9.10. The van der Waals surface area contributed by atoms with E-state index in [2.05, 4.69) is 15.9 Å². The lowest BCUT2D eigenvalue weighted by Gasteiger charge is -2.41. The van der Waals surface area contributed by atoms with E-state index in [9.17, 15) is 9.18 Å². The van der Waals surface area contributed by atoms with Gasteiger partial charge in [0.2, 0.25) is 0 Å². The fourth-order valence-electron chi connectivity index (χ4n) is 1.98. The van der Waals surface area contributed by atoms with Crippen molar-refractivity contribution in [1.82, 2.24) is 0 Å². The summed E-state index contributed by atoms with van der Waals surface area (Å²) in [4.78, 5) is 10.8. The molecule has 0 bridgehead atoms. The molecular formula is C12H11BrClFO3. The molecule has 0 spiro atoms. The Morgan fingerprint density at radius 3 is 2.72 bits per heavy atom. The van der Waals surface area contributed by atoms with Crippen LogP contribution in [0, 0.1) is 5.82 Å². The lowest BCUT2D eigenvalue weighted by atomic mass is 9.77. The minimum Gasteiger partial charge on any atom is -0.485 e. The van der Waals surface area contributed by atoms with Crippen LogP contribution >= 0.6 is 27.5 Å². The van der Waals surface area contributed by atoms with E-state index >= 15 is 0 Å². The van der Waals surface area contributed by atoms with Crippen LogP contribution in [0.15, 0.2) is 16.6 Å². The Labute approximate surface area is 117 Å². The van der Waals surface area contributed by atoms with Crippen molar-refractivity contribution in [1.29, 1.82) is 0 Å². The average Bonchev–Trinajstić information content (AvgIpc) is 2.22. The minimum absolute atomic E-state index is 0.00452. The monoisotopic (exact) mass is 336 g/mol. The van der Waals surface area contributed by atoms with Crippen LogP contribution in [0.5, 0.6) is 5.75 Å². The summed E-state index contributed by atoms with van der Waals surface area (Å²) in [5, 5.41) is 8.87. The van der Waals surface area contributed by atoms with E-state index in [1.807, 2.05) is 0 Å². The Kier molecular flexibility index (Phi) is 3.82. The molecule has 0 heterocycles. The molecule has 0 aromatic heterocycles. The zero-order valence-electron chi connectivity index (χ0n) is 9.38. The molecule has 1 fully saturated rings. The normalized spacial score (nSPS) is 17.1. The van der Waals surface area contributed by atoms with Crippen LogP contribution < -0.4 is 4.74 Å². The second kappa shape index (κ2) is 5.05. The van der Waals surface area contributed by atoms with Gasteiger partial charge in [-0.15, -0.1) is 0 Å². The highest BCUT2D eigenvalue weighted by Crippen LogP contribution is 2.42. The highest BCUT2D eigenvalue weighted by Gasteiger charge is 2.42. The SMILES string of the molecule is O=C(O)CC1(Oc2cc(F)c(Cl)cc2Br)CCC1. The maximum Gasteiger partial charge on any atom is 0.307 e. The summed E-state index contributed by atoms with van der Waals surface area (Å²) in [6, 6.07) is 2.58. The zero-order valence-corrected chi connectivity index (χ0v) is 11.7. The molecule has 0 radical (unpaired) electrons. The van der Waals surface area contributed by atoms with Crippen molar-refractivity contribution in [2.45, 2.75) is 31.3 Å². The molecule has 98 valence electrons. The van der Waals surface area contributed by atoms with Crippen LogP contribution in [0.1, 0.15) is 25.7 Å². The summed E-state index contributed by atoms with van der Waals surface area (Å²) >= 11 is 8.86. The van der Waals surface area contributed by atoms with Crippen molar-refractivity contribution in [3.05, 3.63) is 27.4 Å². The molecule has 0 atom stereocenters. The van der Waals surface area contributed by atoms with Crippen LogP contribution in [0.2, 0.25) is 5.02 Å². The summed E-state index contributed by atoms with van der Waals surface area (Å²) in [7, 11) is 0. The number of hydrogen-bond acceptors (Lipinski definition) is 2. The van der Waals surface area contributed by atoms with E-state index in [1.54, 1.807) is 0 Å². The Morgan fingerprint density at radius 1 is 1.56 bits per heavy atom. The standard InChI is InChI=1S/C12H11BrClFO3/c13-7-4-8(14)9(15)5-10(7)18-12(2-1-3-12)6-11(16)17/h4-5H,1-3,6H2,(H,16,17). The molecular weight excluding hydrogens is 326 g/mol. The molecule has 1 aromatic rings. The lowest BCUT2D eigenvalue weighted by Crippen LogP contribution is -2.45. The molecule has 1 aliphatic rings. The van der Waals surface area contributed by atoms with Gasteiger partial charge in [-0.3, -0.25) is 4.79 Å². The van der Waals surface area contributed by atoms with Gasteiger partial charge in [-0.1, -0.05) is 11.6 Å². The van der Waals surface area contributed by atoms with Gasteiger partial charge >= 0.3 is 5.97 Å². The second-order valence-corrected chi connectivity index (χ2v) is 5.67. The quantitative estimate of drug-likeness (QED) is 0.844. The Hall–Kier alpha value is -0.810. The number of hydrogen-bond donors (Lipinski definition) is 1. The summed E-state index contributed by atoms with van der Waals surface area (Å²) in [5.41, 5.74) is -0.714. The van der Waals surface area contributed by atoms with E-state index in [-0.39, 0.29) is 17.2 Å². The van der Waals surface area contributed by atoms with Gasteiger partial charge in [-0.25, -0.2) is 4.39 Å². The predicted molar refractivity (Wildman–Crippen MR) is 68.6 cm³/mol. The molecule has 1 N–H and O–H groups in total. The van der Waals surface area contributed by atoms with Gasteiger partial charge in [0, 0.05) is 6.07 Å². The van der Waals surface area contributed by atoms with Crippen molar-refractivity contribution in [3.63, 3.8) is 0 Å². The molecule has 0 amide bonds. The third-order valence-corrected chi connectivity index (χ3v) is 3.95. The van der Waals surface area contributed by atoms with Crippen molar-refractivity contribution in [2.75, 3.05) is 0 Å². The maximum absolute atomic E-state index is 13.4. The highest BCUT2D eigenvalue weighted by atomic mass is 79.9. The van der Waals surface area contributed by atoms with Crippen LogP contribution in [0.3, 0.4) is 0 Å². The van der Waals surface area contributed by atoms with Crippen LogP contribution in [-0.2, 0) is 4.79 Å². The maximum atomic E-state index is 13.4. The van der Waals surface area contributed by atoms with E-state index in [1.165, 1.54) is 12.1 Å². The van der Waals surface area contributed by atoms with Gasteiger partial charge in [-0.05, 0) is 41.3 Å². The van der Waals surface area contributed by atoms with Crippen molar-refractivity contribution < 1.29 is 19.0 Å². The largest absolute Gasteiger partial charge is 0.485 e. The van der Waals surface area contributed by atoms with E-state index in [0.29, 0.717) is 17.3 Å². The summed E-state index contributed by atoms with van der Waals surface area (Å²) in [6.07, 6.45) is 2.16. The number of ether oxygens (including phenoxy) is 1. The Bertz CT molecular complexity index is 488. The van der Waals surface area contributed by atoms with E-state index in [0.717, 1.165) is 6.42 Å². The Balaban J connectivity index is 2.22. The first-order valence-electron chi connectivity index (χ1n) is 5.47. The summed E-state index contributed by atoms with van der Waals surface area (Å²) < 4.78 is 19.6. The number of halogens is 3. The Morgan fingerprint density at radius 2 is 2.22 bits per heavy atom. The third-order valence-electron chi connectivity index (χ3n) is 3.04. The smallest absolute Gasteiger partial charge is 0.307 e. The number of rotatable bonds is 4. The molecule has 6 heteroatoms. The van der Waals surface area contributed by atoms with Gasteiger partial charge < -0.3 is 9.84 Å². The number of carbonyl (C=O) groups is 1. The first-order valence-corrected chi connectivity index (χ1v) is 6.64. The predicted octanol–water partition coefficient (Wildman–Crippen LogP) is 4.02. The third kappa shape index (κ3) is 2.78. The molecule has 1 saturated carbocycles. The lowest BCUT2D eigenvalue weighted by molar-refractivity contribution is -0.144. The van der Waals surface area contributed by atoms with Crippen molar-refractivity contribution >= 4 is 33.5 Å². The first kappa shape index (κ1) is 13.6.